The second-order valence-corrected chi connectivity index (χ2v) is 6.68. The van der Waals surface area contributed by atoms with Crippen molar-refractivity contribution in [3.8, 4) is 0 Å². The van der Waals surface area contributed by atoms with Gasteiger partial charge in [-0.05, 0) is 64.6 Å². The molecular formula is C19H32N2. The molecule has 0 amide bonds. The third-order valence-electron chi connectivity index (χ3n) is 4.60. The van der Waals surface area contributed by atoms with Crippen molar-refractivity contribution in [3.63, 3.8) is 0 Å². The Labute approximate surface area is 130 Å². The van der Waals surface area contributed by atoms with Gasteiger partial charge in [0.15, 0.2) is 0 Å². The van der Waals surface area contributed by atoms with E-state index in [1.807, 2.05) is 0 Å². The van der Waals surface area contributed by atoms with Crippen molar-refractivity contribution in [2.45, 2.75) is 64.5 Å². The molecule has 21 heavy (non-hydrogen) atoms. The molecule has 1 N–H and O–H groups in total. The van der Waals surface area contributed by atoms with Gasteiger partial charge >= 0.3 is 0 Å². The summed E-state index contributed by atoms with van der Waals surface area (Å²) < 4.78 is 0. The maximum atomic E-state index is 3.68. The summed E-state index contributed by atoms with van der Waals surface area (Å²) in [6.45, 7) is 8.34. The van der Waals surface area contributed by atoms with Gasteiger partial charge in [0.25, 0.3) is 0 Å². The van der Waals surface area contributed by atoms with Gasteiger partial charge in [0, 0.05) is 18.6 Å². The van der Waals surface area contributed by atoms with Crippen molar-refractivity contribution in [3.05, 3.63) is 35.9 Å². The topological polar surface area (TPSA) is 15.3 Å². The molecule has 0 radical (unpaired) electrons. The summed E-state index contributed by atoms with van der Waals surface area (Å²) in [6.07, 6.45) is 7.93. The van der Waals surface area contributed by atoms with Crippen LogP contribution >= 0.6 is 0 Å². The largest absolute Gasteiger partial charge is 0.313 e. The number of unbranched alkanes of at least 4 members (excludes halogenated alkanes) is 1. The zero-order chi connectivity index (χ0) is 14.9. The number of piperidine rings is 1. The van der Waals surface area contributed by atoms with Crippen LogP contribution in [0.3, 0.4) is 0 Å². The molecule has 1 aromatic carbocycles. The van der Waals surface area contributed by atoms with Crippen molar-refractivity contribution in [2.24, 2.45) is 0 Å². The van der Waals surface area contributed by atoms with E-state index in [-0.39, 0.29) is 0 Å². The van der Waals surface area contributed by atoms with Gasteiger partial charge in [-0.1, -0.05) is 36.8 Å². The molecule has 2 nitrogen and oxygen atoms in total. The van der Waals surface area contributed by atoms with E-state index in [0.717, 1.165) is 6.04 Å². The first kappa shape index (κ1) is 16.5. The summed E-state index contributed by atoms with van der Waals surface area (Å²) in [5.41, 5.74) is 1.47. The molecule has 1 heterocycles. The molecule has 0 saturated carbocycles. The molecule has 0 aliphatic carbocycles. The third-order valence-corrected chi connectivity index (χ3v) is 4.60. The molecule has 1 unspecified atom stereocenters. The SMILES string of the molecule is CC(C)N(CCCCc1ccccc1)CC1CCCCN1. The Morgan fingerprint density at radius 1 is 1.14 bits per heavy atom. The predicted molar refractivity (Wildman–Crippen MR) is 91.7 cm³/mol. The smallest absolute Gasteiger partial charge is 0.0195 e. The average molecular weight is 288 g/mol. The van der Waals surface area contributed by atoms with E-state index in [0.29, 0.717) is 6.04 Å². The molecule has 1 aliphatic heterocycles. The number of benzene rings is 1. The highest BCUT2D eigenvalue weighted by Gasteiger charge is 2.18. The van der Waals surface area contributed by atoms with Gasteiger partial charge < -0.3 is 5.32 Å². The average Bonchev–Trinajstić information content (AvgIpc) is 2.52. The minimum atomic E-state index is 0.658. The van der Waals surface area contributed by atoms with Crippen LogP contribution in [0.25, 0.3) is 0 Å². The standard InChI is InChI=1S/C19H32N2/c1-17(2)21(16-19-13-6-8-14-20-19)15-9-7-12-18-10-4-3-5-11-18/h3-5,10-11,17,19-20H,6-9,12-16H2,1-2H3. The molecule has 1 saturated heterocycles. The van der Waals surface area contributed by atoms with E-state index >= 15 is 0 Å². The maximum Gasteiger partial charge on any atom is 0.0195 e. The van der Waals surface area contributed by atoms with Crippen LogP contribution in [0.1, 0.15) is 51.5 Å². The van der Waals surface area contributed by atoms with Gasteiger partial charge in [-0.3, -0.25) is 4.90 Å². The molecule has 1 fully saturated rings. The van der Waals surface area contributed by atoms with Gasteiger partial charge in [-0.2, -0.15) is 0 Å². The van der Waals surface area contributed by atoms with E-state index in [4.69, 9.17) is 0 Å². The van der Waals surface area contributed by atoms with E-state index in [1.54, 1.807) is 0 Å². The molecule has 0 spiro atoms. The minimum absolute atomic E-state index is 0.658. The molecule has 0 bridgehead atoms. The molecule has 1 aromatic rings. The lowest BCUT2D eigenvalue weighted by atomic mass is 10.0. The fraction of sp³-hybridized carbons (Fsp3) is 0.684. The van der Waals surface area contributed by atoms with Crippen LogP contribution in [0, 0.1) is 0 Å². The first-order valence-electron chi connectivity index (χ1n) is 8.77. The van der Waals surface area contributed by atoms with E-state index in [9.17, 15) is 0 Å². The van der Waals surface area contributed by atoms with Crippen LogP contribution < -0.4 is 5.32 Å². The second kappa shape index (κ2) is 9.22. The first-order valence-corrected chi connectivity index (χ1v) is 8.77. The molecule has 1 atom stereocenters. The van der Waals surface area contributed by atoms with E-state index in [2.05, 4.69) is 54.4 Å². The summed E-state index contributed by atoms with van der Waals surface area (Å²) in [5, 5.41) is 3.68. The van der Waals surface area contributed by atoms with Crippen molar-refractivity contribution in [2.75, 3.05) is 19.6 Å². The van der Waals surface area contributed by atoms with Crippen molar-refractivity contribution < 1.29 is 0 Å². The Kier molecular flexibility index (Phi) is 7.25. The number of hydrogen-bond donors (Lipinski definition) is 1. The highest BCUT2D eigenvalue weighted by molar-refractivity contribution is 5.14. The number of hydrogen-bond acceptors (Lipinski definition) is 2. The summed E-state index contributed by atoms with van der Waals surface area (Å²) >= 11 is 0. The van der Waals surface area contributed by atoms with Gasteiger partial charge in [0.1, 0.15) is 0 Å². The summed E-state index contributed by atoms with van der Waals surface area (Å²) in [4.78, 5) is 2.66. The Bertz CT molecular complexity index is 368. The lowest BCUT2D eigenvalue weighted by molar-refractivity contribution is 0.182. The van der Waals surface area contributed by atoms with Gasteiger partial charge in [0.2, 0.25) is 0 Å². The Balaban J connectivity index is 1.67. The molecule has 1 aliphatic rings. The van der Waals surface area contributed by atoms with Crippen molar-refractivity contribution in [1.82, 2.24) is 10.2 Å². The number of rotatable bonds is 8. The van der Waals surface area contributed by atoms with Crippen molar-refractivity contribution >= 4 is 0 Å². The normalized spacial score (nSPS) is 19.3. The molecular weight excluding hydrogens is 256 g/mol. The fourth-order valence-electron chi connectivity index (χ4n) is 3.21. The Hall–Kier alpha value is -0.860. The van der Waals surface area contributed by atoms with Crippen LogP contribution in [-0.2, 0) is 6.42 Å². The molecule has 0 aromatic heterocycles. The lowest BCUT2D eigenvalue weighted by Gasteiger charge is -2.33. The zero-order valence-corrected chi connectivity index (χ0v) is 13.9. The van der Waals surface area contributed by atoms with Crippen LogP contribution in [0.15, 0.2) is 30.3 Å². The minimum Gasteiger partial charge on any atom is -0.313 e. The quantitative estimate of drug-likeness (QED) is 0.731. The monoisotopic (exact) mass is 288 g/mol. The van der Waals surface area contributed by atoms with Crippen molar-refractivity contribution in [1.29, 1.82) is 0 Å². The van der Waals surface area contributed by atoms with Crippen LogP contribution in [-0.4, -0.2) is 36.6 Å². The summed E-state index contributed by atoms with van der Waals surface area (Å²) in [5.74, 6) is 0. The third kappa shape index (κ3) is 6.19. The van der Waals surface area contributed by atoms with E-state index in [1.165, 1.54) is 63.7 Å². The summed E-state index contributed by atoms with van der Waals surface area (Å²) in [6, 6.07) is 12.2. The number of nitrogens with zero attached hydrogens (tertiary/aromatic N) is 1. The van der Waals surface area contributed by atoms with Gasteiger partial charge in [-0.15, -0.1) is 0 Å². The second-order valence-electron chi connectivity index (χ2n) is 6.68. The van der Waals surface area contributed by atoms with Gasteiger partial charge in [-0.25, -0.2) is 0 Å². The first-order chi connectivity index (χ1) is 10.3. The molecule has 118 valence electrons. The maximum absolute atomic E-state index is 3.68. The zero-order valence-electron chi connectivity index (χ0n) is 13.9. The van der Waals surface area contributed by atoms with Crippen LogP contribution in [0.2, 0.25) is 0 Å². The highest BCUT2D eigenvalue weighted by Crippen LogP contribution is 2.12. The number of nitrogens with one attached hydrogen (secondary N) is 1. The fourth-order valence-corrected chi connectivity index (χ4v) is 3.21. The van der Waals surface area contributed by atoms with E-state index < -0.39 is 0 Å². The van der Waals surface area contributed by atoms with Crippen LogP contribution in [0.4, 0.5) is 0 Å². The van der Waals surface area contributed by atoms with Gasteiger partial charge in [0.05, 0.1) is 0 Å². The lowest BCUT2D eigenvalue weighted by Crippen LogP contribution is -2.46. The molecule has 2 rings (SSSR count). The molecule has 2 heteroatoms. The number of aryl methyl sites for hydroxylation is 1. The predicted octanol–water partition coefficient (Wildman–Crippen LogP) is 3.86. The highest BCUT2D eigenvalue weighted by atomic mass is 15.2. The Morgan fingerprint density at radius 3 is 2.62 bits per heavy atom. The Morgan fingerprint density at radius 2 is 1.95 bits per heavy atom. The van der Waals surface area contributed by atoms with Crippen LogP contribution in [0.5, 0.6) is 0 Å². The summed E-state index contributed by atoms with van der Waals surface area (Å²) in [7, 11) is 0.